The summed E-state index contributed by atoms with van der Waals surface area (Å²) in [6.07, 6.45) is 1.60. The first-order chi connectivity index (χ1) is 6.99. The van der Waals surface area contributed by atoms with E-state index in [1.807, 2.05) is 0 Å². The topological polar surface area (TPSA) is 55.6 Å². The molecular formula is C11H24N2O2. The Hall–Kier alpha value is -0.610. The van der Waals surface area contributed by atoms with Gasteiger partial charge in [-0.1, -0.05) is 13.8 Å². The summed E-state index contributed by atoms with van der Waals surface area (Å²) in [6.45, 7) is 5.52. The Morgan fingerprint density at radius 2 is 2.07 bits per heavy atom. The monoisotopic (exact) mass is 216 g/mol. The molecule has 0 saturated heterocycles. The van der Waals surface area contributed by atoms with Crippen molar-refractivity contribution in [1.82, 2.24) is 4.90 Å². The minimum Gasteiger partial charge on any atom is -0.385 e. The van der Waals surface area contributed by atoms with Crippen LogP contribution >= 0.6 is 0 Å². The minimum absolute atomic E-state index is 0.0276. The quantitative estimate of drug-likeness (QED) is 0.642. The number of hydrogen-bond acceptors (Lipinski definition) is 3. The third-order valence-corrected chi connectivity index (χ3v) is 2.26. The van der Waals surface area contributed by atoms with Crippen LogP contribution in [0.2, 0.25) is 0 Å². The Labute approximate surface area is 92.8 Å². The van der Waals surface area contributed by atoms with Crippen LogP contribution in [0.1, 0.15) is 26.7 Å². The Morgan fingerprint density at radius 3 is 2.53 bits per heavy atom. The van der Waals surface area contributed by atoms with Crippen LogP contribution in [0.25, 0.3) is 0 Å². The Kier molecular flexibility index (Phi) is 7.34. The van der Waals surface area contributed by atoms with E-state index in [-0.39, 0.29) is 11.9 Å². The van der Waals surface area contributed by atoms with Crippen LogP contribution in [0.5, 0.6) is 0 Å². The molecule has 4 nitrogen and oxygen atoms in total. The fourth-order valence-corrected chi connectivity index (χ4v) is 1.45. The van der Waals surface area contributed by atoms with E-state index >= 15 is 0 Å². The van der Waals surface area contributed by atoms with Gasteiger partial charge in [0.2, 0.25) is 5.91 Å². The Morgan fingerprint density at radius 1 is 1.47 bits per heavy atom. The fraction of sp³-hybridized carbons (Fsp3) is 0.909. The third kappa shape index (κ3) is 6.47. The summed E-state index contributed by atoms with van der Waals surface area (Å²) in [7, 11) is 3.45. The minimum atomic E-state index is -0.363. The van der Waals surface area contributed by atoms with Crippen LogP contribution in [0.3, 0.4) is 0 Å². The van der Waals surface area contributed by atoms with Gasteiger partial charge in [0.05, 0.1) is 6.04 Å². The zero-order valence-corrected chi connectivity index (χ0v) is 10.3. The molecule has 1 amide bonds. The average molecular weight is 216 g/mol. The van der Waals surface area contributed by atoms with Crippen LogP contribution in [-0.2, 0) is 9.53 Å². The lowest BCUT2D eigenvalue weighted by Gasteiger charge is -2.22. The lowest BCUT2D eigenvalue weighted by molar-refractivity contribution is -0.131. The summed E-state index contributed by atoms with van der Waals surface area (Å²) in [5.74, 6) is 0.483. The molecular weight excluding hydrogens is 192 g/mol. The van der Waals surface area contributed by atoms with Gasteiger partial charge in [0.15, 0.2) is 0 Å². The van der Waals surface area contributed by atoms with Crippen molar-refractivity contribution in [2.45, 2.75) is 32.7 Å². The fourth-order valence-electron chi connectivity index (χ4n) is 1.45. The number of likely N-dealkylation sites (N-methyl/N-ethyl adjacent to an activating group) is 1. The van der Waals surface area contributed by atoms with Gasteiger partial charge in [0.25, 0.3) is 0 Å². The van der Waals surface area contributed by atoms with Crippen molar-refractivity contribution in [2.75, 3.05) is 27.3 Å². The van der Waals surface area contributed by atoms with Crippen LogP contribution in [0, 0.1) is 5.92 Å². The second-order valence-electron chi connectivity index (χ2n) is 4.34. The zero-order valence-electron chi connectivity index (χ0n) is 10.3. The third-order valence-electron chi connectivity index (χ3n) is 2.26. The molecule has 0 heterocycles. The lowest BCUT2D eigenvalue weighted by Crippen LogP contribution is -2.43. The number of hydrogen-bond donors (Lipinski definition) is 1. The van der Waals surface area contributed by atoms with Gasteiger partial charge in [-0.25, -0.2) is 0 Å². The highest BCUT2D eigenvalue weighted by molar-refractivity contribution is 5.81. The summed E-state index contributed by atoms with van der Waals surface area (Å²) in [4.78, 5) is 13.4. The second kappa shape index (κ2) is 7.65. The van der Waals surface area contributed by atoms with Gasteiger partial charge >= 0.3 is 0 Å². The van der Waals surface area contributed by atoms with E-state index < -0.39 is 0 Å². The molecule has 0 fully saturated rings. The van der Waals surface area contributed by atoms with Gasteiger partial charge in [0.1, 0.15) is 0 Å². The largest absolute Gasteiger partial charge is 0.385 e. The predicted molar refractivity (Wildman–Crippen MR) is 61.6 cm³/mol. The first kappa shape index (κ1) is 14.4. The highest BCUT2D eigenvalue weighted by atomic mass is 16.5. The first-order valence-corrected chi connectivity index (χ1v) is 5.48. The summed E-state index contributed by atoms with van der Waals surface area (Å²) in [5, 5.41) is 0. The number of rotatable bonds is 7. The molecule has 2 N–H and O–H groups in total. The van der Waals surface area contributed by atoms with E-state index in [4.69, 9.17) is 10.5 Å². The molecule has 0 aromatic heterocycles. The molecule has 1 unspecified atom stereocenters. The maximum atomic E-state index is 11.7. The molecule has 0 aromatic rings. The number of nitrogens with two attached hydrogens (primary N) is 1. The van der Waals surface area contributed by atoms with Crippen LogP contribution < -0.4 is 5.73 Å². The number of amides is 1. The number of methoxy groups -OCH3 is 1. The molecule has 0 rings (SSSR count). The van der Waals surface area contributed by atoms with Crippen LogP contribution in [-0.4, -0.2) is 44.2 Å². The molecule has 0 aliphatic heterocycles. The first-order valence-electron chi connectivity index (χ1n) is 5.48. The molecule has 4 heteroatoms. The lowest BCUT2D eigenvalue weighted by atomic mass is 10.0. The summed E-state index contributed by atoms with van der Waals surface area (Å²) < 4.78 is 4.93. The van der Waals surface area contributed by atoms with Crippen molar-refractivity contribution in [1.29, 1.82) is 0 Å². The second-order valence-corrected chi connectivity index (χ2v) is 4.34. The highest BCUT2D eigenvalue weighted by Crippen LogP contribution is 2.05. The van der Waals surface area contributed by atoms with Crippen LogP contribution in [0.15, 0.2) is 0 Å². The number of nitrogens with zero attached hydrogens (tertiary/aromatic N) is 1. The van der Waals surface area contributed by atoms with Gasteiger partial charge in [0, 0.05) is 27.3 Å². The van der Waals surface area contributed by atoms with Crippen molar-refractivity contribution in [2.24, 2.45) is 11.7 Å². The van der Waals surface area contributed by atoms with E-state index in [0.717, 1.165) is 12.8 Å². The van der Waals surface area contributed by atoms with E-state index in [2.05, 4.69) is 13.8 Å². The molecule has 0 spiro atoms. The number of carbonyl (C=O) groups is 1. The van der Waals surface area contributed by atoms with Gasteiger partial charge in [-0.15, -0.1) is 0 Å². The SMILES string of the molecule is COCCCN(C)C(=O)C(N)CC(C)C. The number of ether oxygens (including phenoxy) is 1. The Balaban J connectivity index is 3.85. The smallest absolute Gasteiger partial charge is 0.239 e. The average Bonchev–Trinajstić information content (AvgIpc) is 2.15. The molecule has 0 aliphatic rings. The molecule has 0 aliphatic carbocycles. The molecule has 0 aromatic carbocycles. The molecule has 0 radical (unpaired) electrons. The van der Waals surface area contributed by atoms with E-state index in [9.17, 15) is 4.79 Å². The van der Waals surface area contributed by atoms with Crippen molar-refractivity contribution in [3.63, 3.8) is 0 Å². The van der Waals surface area contributed by atoms with E-state index in [1.54, 1.807) is 19.1 Å². The summed E-state index contributed by atoms with van der Waals surface area (Å²) in [5.41, 5.74) is 5.80. The molecule has 90 valence electrons. The van der Waals surface area contributed by atoms with Gasteiger partial charge in [-0.05, 0) is 18.8 Å². The van der Waals surface area contributed by atoms with Gasteiger partial charge < -0.3 is 15.4 Å². The van der Waals surface area contributed by atoms with Crippen molar-refractivity contribution in [3.8, 4) is 0 Å². The van der Waals surface area contributed by atoms with Crippen molar-refractivity contribution >= 4 is 5.91 Å². The highest BCUT2D eigenvalue weighted by Gasteiger charge is 2.18. The summed E-state index contributed by atoms with van der Waals surface area (Å²) >= 11 is 0. The maximum Gasteiger partial charge on any atom is 0.239 e. The normalized spacial score (nSPS) is 12.9. The molecule has 0 bridgehead atoms. The molecule has 15 heavy (non-hydrogen) atoms. The zero-order chi connectivity index (χ0) is 11.8. The molecule has 0 saturated carbocycles. The molecule has 1 atom stereocenters. The van der Waals surface area contributed by atoms with E-state index in [1.165, 1.54) is 0 Å². The predicted octanol–water partition coefficient (Wildman–Crippen LogP) is 0.855. The summed E-state index contributed by atoms with van der Waals surface area (Å²) in [6, 6.07) is -0.363. The van der Waals surface area contributed by atoms with E-state index in [0.29, 0.717) is 19.1 Å². The van der Waals surface area contributed by atoms with Gasteiger partial charge in [-0.2, -0.15) is 0 Å². The standard InChI is InChI=1S/C11H24N2O2/c1-9(2)8-10(12)11(14)13(3)6-5-7-15-4/h9-10H,5-8,12H2,1-4H3. The maximum absolute atomic E-state index is 11.7. The Bertz CT molecular complexity index is 183. The van der Waals surface area contributed by atoms with Crippen molar-refractivity contribution in [3.05, 3.63) is 0 Å². The van der Waals surface area contributed by atoms with Crippen LogP contribution in [0.4, 0.5) is 0 Å². The number of carbonyl (C=O) groups excluding carboxylic acids is 1. The van der Waals surface area contributed by atoms with Crippen molar-refractivity contribution < 1.29 is 9.53 Å². The van der Waals surface area contributed by atoms with Gasteiger partial charge in [-0.3, -0.25) is 4.79 Å².